The number of rotatable bonds is 6. The molecule has 0 aromatic carbocycles. The molecule has 2 N–H and O–H groups in total. The lowest BCUT2D eigenvalue weighted by Crippen LogP contribution is -2.57. The lowest BCUT2D eigenvalue weighted by atomic mass is 10.2. The van der Waals surface area contributed by atoms with Crippen molar-refractivity contribution in [1.82, 2.24) is 14.9 Å². The summed E-state index contributed by atoms with van der Waals surface area (Å²) < 4.78 is 48.5. The second kappa shape index (κ2) is 7.80. The van der Waals surface area contributed by atoms with E-state index in [0.717, 1.165) is 0 Å². The highest BCUT2D eigenvalue weighted by Crippen LogP contribution is 2.23. The Balaban J connectivity index is 2.73. The quantitative estimate of drug-likeness (QED) is 0.368. The lowest BCUT2D eigenvalue weighted by Gasteiger charge is -2.39. The fourth-order valence-electron chi connectivity index (χ4n) is 2.22. The summed E-state index contributed by atoms with van der Waals surface area (Å²) in [6.07, 6.45) is 0. The molecule has 23 heavy (non-hydrogen) atoms. The molecule has 0 aromatic heterocycles. The monoisotopic (exact) mass is 368 g/mol. The van der Waals surface area contributed by atoms with Crippen molar-refractivity contribution in [2.75, 3.05) is 44.2 Å². The fourth-order valence-corrected chi connectivity index (χ4v) is 4.19. The van der Waals surface area contributed by atoms with Crippen molar-refractivity contribution in [3.05, 3.63) is 0 Å². The number of guanidine groups is 1. The van der Waals surface area contributed by atoms with Crippen LogP contribution in [0.5, 0.6) is 0 Å². The normalized spacial score (nSPS) is 21.2. The predicted octanol–water partition coefficient (Wildman–Crippen LogP) is -0.600. The van der Waals surface area contributed by atoms with E-state index in [2.05, 4.69) is 15.0 Å². The minimum absolute atomic E-state index is 0.0367. The maximum atomic E-state index is 12.1. The lowest BCUT2D eigenvalue weighted by molar-refractivity contribution is 0.353. The highest BCUT2D eigenvalue weighted by molar-refractivity contribution is 7.92. The summed E-state index contributed by atoms with van der Waals surface area (Å²) in [5.41, 5.74) is 0. The van der Waals surface area contributed by atoms with Crippen molar-refractivity contribution in [3.63, 3.8) is 0 Å². The van der Waals surface area contributed by atoms with Gasteiger partial charge in [0.2, 0.25) is 10.0 Å². The summed E-state index contributed by atoms with van der Waals surface area (Å²) in [4.78, 5) is 6.31. The molecule has 0 bridgehead atoms. The van der Waals surface area contributed by atoms with Gasteiger partial charge in [-0.25, -0.2) is 21.6 Å². The van der Waals surface area contributed by atoms with E-state index in [4.69, 9.17) is 0 Å². The first-order valence-corrected chi connectivity index (χ1v) is 11.1. The number of aliphatic imine (C=N–C) groups is 1. The van der Waals surface area contributed by atoms with E-state index in [0.29, 0.717) is 32.1 Å². The van der Waals surface area contributed by atoms with Gasteiger partial charge in [-0.2, -0.15) is 0 Å². The summed E-state index contributed by atoms with van der Waals surface area (Å²) in [6, 6.07) is 0. The number of hydrogen-bond acceptors (Lipinski definition) is 5. The van der Waals surface area contributed by atoms with Crippen LogP contribution in [-0.4, -0.2) is 76.7 Å². The summed E-state index contributed by atoms with van der Waals surface area (Å²) in [5, 5.41) is 3.13. The number of nitrogens with one attached hydrogen (secondary N) is 2. The Morgan fingerprint density at radius 2 is 1.96 bits per heavy atom. The van der Waals surface area contributed by atoms with Gasteiger partial charge in [-0.15, -0.1) is 0 Å². The van der Waals surface area contributed by atoms with Gasteiger partial charge in [0, 0.05) is 26.2 Å². The van der Waals surface area contributed by atoms with Gasteiger partial charge in [-0.1, -0.05) is 0 Å². The molecule has 1 rings (SSSR count). The number of nitrogens with zero attached hydrogens (tertiary/aromatic N) is 2. The first-order chi connectivity index (χ1) is 10.5. The van der Waals surface area contributed by atoms with E-state index in [1.165, 1.54) is 0 Å². The van der Waals surface area contributed by atoms with E-state index >= 15 is 0 Å². The average Bonchev–Trinajstić information content (AvgIpc) is 2.45. The van der Waals surface area contributed by atoms with Crippen molar-refractivity contribution in [1.29, 1.82) is 0 Å². The highest BCUT2D eigenvalue weighted by Gasteiger charge is 2.40. The Kier molecular flexibility index (Phi) is 6.84. The Morgan fingerprint density at radius 3 is 2.48 bits per heavy atom. The second-order valence-electron chi connectivity index (χ2n) is 6.03. The van der Waals surface area contributed by atoms with Crippen molar-refractivity contribution in [2.45, 2.75) is 32.4 Å². The maximum Gasteiger partial charge on any atom is 0.211 e. The summed E-state index contributed by atoms with van der Waals surface area (Å²) in [6.45, 7) is 8.86. The summed E-state index contributed by atoms with van der Waals surface area (Å²) in [7, 11) is -6.33. The molecule has 0 spiro atoms. The molecule has 136 valence electrons. The van der Waals surface area contributed by atoms with E-state index in [-0.39, 0.29) is 18.1 Å². The van der Waals surface area contributed by atoms with E-state index in [1.54, 1.807) is 20.8 Å². The zero-order chi connectivity index (χ0) is 17.7. The largest absolute Gasteiger partial charge is 0.357 e. The van der Waals surface area contributed by atoms with Crippen LogP contribution in [0.25, 0.3) is 0 Å². The molecule has 0 amide bonds. The van der Waals surface area contributed by atoms with Gasteiger partial charge < -0.3 is 10.2 Å². The molecule has 0 unspecified atom stereocenters. The van der Waals surface area contributed by atoms with E-state index < -0.39 is 24.6 Å². The van der Waals surface area contributed by atoms with Gasteiger partial charge in [0.1, 0.15) is 0 Å². The van der Waals surface area contributed by atoms with Crippen molar-refractivity contribution >= 4 is 25.8 Å². The first kappa shape index (κ1) is 20.2. The van der Waals surface area contributed by atoms with Gasteiger partial charge in [0.15, 0.2) is 15.8 Å². The molecule has 0 atom stereocenters. The summed E-state index contributed by atoms with van der Waals surface area (Å²) in [5.74, 6) is 0.744. The van der Waals surface area contributed by atoms with Crippen molar-refractivity contribution in [3.8, 4) is 0 Å². The molecule has 0 aliphatic carbocycles. The van der Waals surface area contributed by atoms with Crippen molar-refractivity contribution in [2.24, 2.45) is 4.99 Å². The average molecular weight is 369 g/mol. The maximum absolute atomic E-state index is 12.1. The topological polar surface area (TPSA) is 108 Å². The molecule has 1 aliphatic rings. The zero-order valence-corrected chi connectivity index (χ0v) is 15.9. The zero-order valence-electron chi connectivity index (χ0n) is 14.3. The molecular weight excluding hydrogens is 340 g/mol. The number of sulfonamides is 1. The second-order valence-corrected chi connectivity index (χ2v) is 10.9. The Bertz CT molecular complexity index is 626. The standard InChI is InChI=1S/C13H28N4O4S2/c1-5-14-12(15-7-8-16-23(20,21)6-2)17-9-10-22(18,19)13(3,4)11-17/h16H,5-11H2,1-4H3,(H,14,15). The number of hydrogen-bond donors (Lipinski definition) is 2. The van der Waals surface area contributed by atoms with Crippen LogP contribution in [0.4, 0.5) is 0 Å². The van der Waals surface area contributed by atoms with Gasteiger partial charge in [0.25, 0.3) is 0 Å². The van der Waals surface area contributed by atoms with Crippen LogP contribution >= 0.6 is 0 Å². The van der Waals surface area contributed by atoms with Crippen LogP contribution in [-0.2, 0) is 19.9 Å². The molecule has 8 nitrogen and oxygen atoms in total. The third kappa shape index (κ3) is 5.61. The first-order valence-electron chi connectivity index (χ1n) is 7.77. The third-order valence-electron chi connectivity index (χ3n) is 3.75. The van der Waals surface area contributed by atoms with Crippen LogP contribution in [0.15, 0.2) is 4.99 Å². The minimum Gasteiger partial charge on any atom is -0.357 e. The van der Waals surface area contributed by atoms with E-state index in [9.17, 15) is 16.8 Å². The van der Waals surface area contributed by atoms with Crippen LogP contribution in [0, 0.1) is 0 Å². The SMILES string of the molecule is CCNC(=NCCNS(=O)(=O)CC)N1CCS(=O)(=O)C(C)(C)C1. The van der Waals surface area contributed by atoms with Gasteiger partial charge >= 0.3 is 0 Å². The molecule has 1 saturated heterocycles. The van der Waals surface area contributed by atoms with Crippen LogP contribution < -0.4 is 10.0 Å². The summed E-state index contributed by atoms with van der Waals surface area (Å²) >= 11 is 0. The molecule has 10 heteroatoms. The molecule has 1 aliphatic heterocycles. The smallest absolute Gasteiger partial charge is 0.211 e. The van der Waals surface area contributed by atoms with E-state index in [1.807, 2.05) is 11.8 Å². The molecule has 0 saturated carbocycles. The van der Waals surface area contributed by atoms with Crippen molar-refractivity contribution < 1.29 is 16.8 Å². The Labute approximate surface area is 139 Å². The molecule has 1 fully saturated rings. The fraction of sp³-hybridized carbons (Fsp3) is 0.923. The van der Waals surface area contributed by atoms with Gasteiger partial charge in [-0.05, 0) is 27.7 Å². The molecule has 0 aromatic rings. The highest BCUT2D eigenvalue weighted by atomic mass is 32.2. The predicted molar refractivity (Wildman–Crippen MR) is 92.9 cm³/mol. The van der Waals surface area contributed by atoms with Crippen LogP contribution in [0.1, 0.15) is 27.7 Å². The van der Waals surface area contributed by atoms with Crippen LogP contribution in [0.3, 0.4) is 0 Å². The minimum atomic E-state index is -3.22. The molecule has 1 heterocycles. The molecular formula is C13H28N4O4S2. The van der Waals surface area contributed by atoms with Gasteiger partial charge in [0.05, 0.1) is 22.8 Å². The van der Waals surface area contributed by atoms with Gasteiger partial charge in [-0.3, -0.25) is 4.99 Å². The number of sulfone groups is 1. The van der Waals surface area contributed by atoms with Crippen LogP contribution in [0.2, 0.25) is 0 Å². The Morgan fingerprint density at radius 1 is 1.30 bits per heavy atom. The Hall–Kier alpha value is -0.870. The molecule has 0 radical (unpaired) electrons. The third-order valence-corrected chi connectivity index (χ3v) is 7.69.